The highest BCUT2D eigenvalue weighted by atomic mass is 127. The van der Waals surface area contributed by atoms with Crippen LogP contribution in [0.15, 0.2) is 4.99 Å². The van der Waals surface area contributed by atoms with E-state index in [0.29, 0.717) is 19.0 Å². The molecule has 154 valence electrons. The number of rotatable bonds is 4. The molecule has 1 unspecified atom stereocenters. The summed E-state index contributed by atoms with van der Waals surface area (Å²) >= 11 is 0. The second kappa shape index (κ2) is 9.50. The molecular weight excluding hydrogens is 481 g/mol. The molecule has 2 aliphatic rings. The van der Waals surface area contributed by atoms with E-state index in [1.54, 1.807) is 11.4 Å². The molecule has 0 saturated carbocycles. The van der Waals surface area contributed by atoms with Gasteiger partial charge in [0.15, 0.2) is 5.96 Å². The Morgan fingerprint density at radius 2 is 2.00 bits per heavy atom. The minimum atomic E-state index is -3.06. The fourth-order valence-electron chi connectivity index (χ4n) is 3.63. The van der Waals surface area contributed by atoms with Crippen molar-refractivity contribution in [2.45, 2.75) is 45.2 Å². The van der Waals surface area contributed by atoms with Crippen LogP contribution < -0.4 is 10.6 Å². The first kappa shape index (κ1) is 22.3. The number of nitrogens with one attached hydrogen (secondary N) is 2. The summed E-state index contributed by atoms with van der Waals surface area (Å²) in [6.07, 6.45) is 4.96. The van der Waals surface area contributed by atoms with Crippen molar-refractivity contribution < 1.29 is 8.42 Å². The Kier molecular flexibility index (Phi) is 7.86. The molecule has 0 aliphatic carbocycles. The molecular formula is C16H30IN7O2S. The second-order valence-electron chi connectivity index (χ2n) is 7.20. The van der Waals surface area contributed by atoms with Crippen LogP contribution in [-0.2, 0) is 23.0 Å². The normalized spacial score (nSPS) is 22.0. The zero-order valence-electron chi connectivity index (χ0n) is 16.2. The van der Waals surface area contributed by atoms with E-state index in [4.69, 9.17) is 0 Å². The number of guanidine groups is 1. The average molecular weight is 511 g/mol. The van der Waals surface area contributed by atoms with Gasteiger partial charge in [-0.15, -0.1) is 24.0 Å². The van der Waals surface area contributed by atoms with Gasteiger partial charge in [-0.1, -0.05) is 0 Å². The topological polar surface area (TPSA) is 105 Å². The van der Waals surface area contributed by atoms with E-state index < -0.39 is 10.0 Å². The molecule has 27 heavy (non-hydrogen) atoms. The Morgan fingerprint density at radius 1 is 1.30 bits per heavy atom. The summed E-state index contributed by atoms with van der Waals surface area (Å²) in [6, 6.07) is 0.280. The van der Waals surface area contributed by atoms with Gasteiger partial charge in [-0.25, -0.2) is 22.4 Å². The van der Waals surface area contributed by atoms with Crippen molar-refractivity contribution in [2.75, 3.05) is 32.9 Å². The van der Waals surface area contributed by atoms with Gasteiger partial charge in [-0.05, 0) is 32.1 Å². The molecule has 0 bridgehead atoms. The van der Waals surface area contributed by atoms with Crippen molar-refractivity contribution in [2.24, 2.45) is 10.9 Å². The molecule has 9 nitrogen and oxygen atoms in total. The van der Waals surface area contributed by atoms with E-state index in [1.165, 1.54) is 6.26 Å². The van der Waals surface area contributed by atoms with Crippen LogP contribution >= 0.6 is 24.0 Å². The zero-order chi connectivity index (χ0) is 18.7. The van der Waals surface area contributed by atoms with E-state index >= 15 is 0 Å². The lowest BCUT2D eigenvalue weighted by Crippen LogP contribution is -2.49. The minimum Gasteiger partial charge on any atom is -0.356 e. The van der Waals surface area contributed by atoms with Gasteiger partial charge in [0.05, 0.1) is 12.8 Å². The van der Waals surface area contributed by atoms with E-state index in [0.717, 1.165) is 56.4 Å². The third kappa shape index (κ3) is 6.01. The summed E-state index contributed by atoms with van der Waals surface area (Å²) in [5, 5.41) is 11.3. The lowest BCUT2D eigenvalue weighted by molar-refractivity contribution is 0.274. The first-order valence-corrected chi connectivity index (χ1v) is 11.0. The smallest absolute Gasteiger partial charge is 0.211 e. The predicted octanol–water partition coefficient (Wildman–Crippen LogP) is 0.356. The maximum absolute atomic E-state index is 11.6. The monoisotopic (exact) mass is 511 g/mol. The fraction of sp³-hybridized carbons (Fsp3) is 0.812. The third-order valence-electron chi connectivity index (χ3n) is 5.13. The number of piperidine rings is 1. The quantitative estimate of drug-likeness (QED) is 0.344. The van der Waals surface area contributed by atoms with Crippen LogP contribution in [0, 0.1) is 12.8 Å². The highest BCUT2D eigenvalue weighted by molar-refractivity contribution is 14.0. The van der Waals surface area contributed by atoms with Crippen molar-refractivity contribution in [3.05, 3.63) is 11.6 Å². The molecule has 3 heterocycles. The molecule has 0 amide bonds. The summed E-state index contributed by atoms with van der Waals surface area (Å²) in [5.41, 5.74) is 0. The fourth-order valence-corrected chi connectivity index (χ4v) is 4.50. The van der Waals surface area contributed by atoms with Gasteiger partial charge in [0.2, 0.25) is 10.0 Å². The van der Waals surface area contributed by atoms with Gasteiger partial charge in [-0.2, -0.15) is 5.10 Å². The molecule has 1 atom stereocenters. The SMILES string of the molecule is CN=C(NCC1CCN(S(C)(=O)=O)CC1)NC1CCc2nc(C)nn2C1.I. The van der Waals surface area contributed by atoms with Crippen LogP contribution in [-0.4, -0.2) is 72.4 Å². The summed E-state index contributed by atoms with van der Waals surface area (Å²) in [7, 11) is -1.29. The minimum absolute atomic E-state index is 0. The maximum Gasteiger partial charge on any atom is 0.211 e. The highest BCUT2D eigenvalue weighted by Crippen LogP contribution is 2.18. The second-order valence-corrected chi connectivity index (χ2v) is 9.18. The van der Waals surface area contributed by atoms with Crippen molar-refractivity contribution in [3.8, 4) is 0 Å². The summed E-state index contributed by atoms with van der Waals surface area (Å²) in [4.78, 5) is 8.76. The Hall–Kier alpha value is -0.950. The van der Waals surface area contributed by atoms with Crippen molar-refractivity contribution >= 4 is 40.0 Å². The Balaban J connectivity index is 0.00000261. The number of aryl methyl sites for hydroxylation is 2. The number of nitrogens with zero attached hydrogens (tertiary/aromatic N) is 5. The Labute approximate surface area is 178 Å². The van der Waals surface area contributed by atoms with Gasteiger partial charge in [0.1, 0.15) is 11.6 Å². The van der Waals surface area contributed by atoms with Gasteiger partial charge in [-0.3, -0.25) is 4.99 Å². The van der Waals surface area contributed by atoms with Crippen LogP contribution in [0.2, 0.25) is 0 Å². The van der Waals surface area contributed by atoms with E-state index in [-0.39, 0.29) is 30.0 Å². The molecule has 1 saturated heterocycles. The molecule has 11 heteroatoms. The summed E-state index contributed by atoms with van der Waals surface area (Å²) in [5.74, 6) is 3.13. The molecule has 2 aliphatic heterocycles. The number of aromatic nitrogens is 3. The van der Waals surface area contributed by atoms with Gasteiger partial charge in [0, 0.05) is 39.1 Å². The first-order chi connectivity index (χ1) is 12.3. The van der Waals surface area contributed by atoms with Crippen molar-refractivity contribution in [1.82, 2.24) is 29.7 Å². The summed E-state index contributed by atoms with van der Waals surface area (Å²) < 4.78 is 26.7. The van der Waals surface area contributed by atoms with Crippen LogP contribution in [0.5, 0.6) is 0 Å². The number of hydrogen-bond acceptors (Lipinski definition) is 5. The molecule has 3 rings (SSSR count). The zero-order valence-corrected chi connectivity index (χ0v) is 19.3. The maximum atomic E-state index is 11.6. The average Bonchev–Trinajstić information content (AvgIpc) is 2.97. The number of hydrogen-bond donors (Lipinski definition) is 2. The first-order valence-electron chi connectivity index (χ1n) is 9.18. The Morgan fingerprint density at radius 3 is 2.63 bits per heavy atom. The number of sulfonamides is 1. The number of halogens is 1. The highest BCUT2D eigenvalue weighted by Gasteiger charge is 2.25. The third-order valence-corrected chi connectivity index (χ3v) is 6.43. The lowest BCUT2D eigenvalue weighted by atomic mass is 9.98. The van der Waals surface area contributed by atoms with Crippen LogP contribution in [0.4, 0.5) is 0 Å². The molecule has 1 aromatic rings. The van der Waals surface area contributed by atoms with Crippen molar-refractivity contribution in [1.29, 1.82) is 0 Å². The van der Waals surface area contributed by atoms with E-state index in [9.17, 15) is 8.42 Å². The number of fused-ring (bicyclic) bond motifs is 1. The van der Waals surface area contributed by atoms with Crippen LogP contribution in [0.3, 0.4) is 0 Å². The Bertz CT molecular complexity index is 757. The molecule has 0 radical (unpaired) electrons. The van der Waals surface area contributed by atoms with E-state index in [2.05, 4.69) is 25.7 Å². The molecule has 1 aromatic heterocycles. The lowest BCUT2D eigenvalue weighted by Gasteiger charge is -2.31. The van der Waals surface area contributed by atoms with Gasteiger partial charge < -0.3 is 10.6 Å². The summed E-state index contributed by atoms with van der Waals surface area (Å²) in [6.45, 7) is 4.73. The largest absolute Gasteiger partial charge is 0.356 e. The van der Waals surface area contributed by atoms with Crippen LogP contribution in [0.1, 0.15) is 30.9 Å². The van der Waals surface area contributed by atoms with Crippen LogP contribution in [0.25, 0.3) is 0 Å². The van der Waals surface area contributed by atoms with Gasteiger partial charge >= 0.3 is 0 Å². The standard InChI is InChI=1S/C16H29N7O2S.HI/c1-12-19-15-5-4-14(11-23(15)21-12)20-16(17-2)18-10-13-6-8-22(9-7-13)26(3,24)25;/h13-14H,4-11H2,1-3H3,(H2,17,18,20);1H. The van der Waals surface area contributed by atoms with Gasteiger partial charge in [0.25, 0.3) is 0 Å². The molecule has 0 spiro atoms. The molecule has 0 aromatic carbocycles. The molecule has 2 N–H and O–H groups in total. The van der Waals surface area contributed by atoms with E-state index in [1.807, 2.05) is 11.6 Å². The molecule has 1 fully saturated rings. The van der Waals surface area contributed by atoms with Crippen molar-refractivity contribution in [3.63, 3.8) is 0 Å². The number of aliphatic imine (C=N–C) groups is 1. The predicted molar refractivity (Wildman–Crippen MR) is 116 cm³/mol.